The van der Waals surface area contributed by atoms with Crippen molar-refractivity contribution in [2.75, 3.05) is 18.1 Å². The van der Waals surface area contributed by atoms with Gasteiger partial charge < -0.3 is 5.32 Å². The van der Waals surface area contributed by atoms with E-state index in [0.29, 0.717) is 6.04 Å². The van der Waals surface area contributed by atoms with Crippen LogP contribution in [0.3, 0.4) is 0 Å². The normalized spacial score (nSPS) is 21.1. The smallest absolute Gasteiger partial charge is 0.0991 e. The van der Waals surface area contributed by atoms with Gasteiger partial charge >= 0.3 is 0 Å². The average Bonchev–Trinajstić information content (AvgIpc) is 2.89. The van der Waals surface area contributed by atoms with E-state index in [2.05, 4.69) is 36.1 Å². The molecule has 1 aliphatic heterocycles. The van der Waals surface area contributed by atoms with Crippen LogP contribution in [-0.4, -0.2) is 18.1 Å². The summed E-state index contributed by atoms with van der Waals surface area (Å²) in [6.07, 6.45) is 1.34. The number of nitriles is 1. The highest BCUT2D eigenvalue weighted by Crippen LogP contribution is 2.23. The lowest BCUT2D eigenvalue weighted by Gasteiger charge is -2.17. The zero-order valence-corrected chi connectivity index (χ0v) is 11.0. The monoisotopic (exact) mass is 246 g/mol. The fraction of sp³-hybridized carbons (Fsp3) is 0.500. The molecule has 90 valence electrons. The lowest BCUT2D eigenvalue weighted by Crippen LogP contribution is -2.25. The summed E-state index contributed by atoms with van der Waals surface area (Å²) in [7, 11) is 0. The third kappa shape index (κ3) is 3.49. The van der Waals surface area contributed by atoms with E-state index in [1.54, 1.807) is 0 Å². The quantitative estimate of drug-likeness (QED) is 0.887. The molecule has 0 spiro atoms. The van der Waals surface area contributed by atoms with Crippen molar-refractivity contribution < 1.29 is 0 Å². The fourth-order valence-corrected chi connectivity index (χ4v) is 3.37. The zero-order valence-electron chi connectivity index (χ0n) is 10.1. The Kier molecular flexibility index (Phi) is 4.47. The van der Waals surface area contributed by atoms with E-state index >= 15 is 0 Å². The largest absolute Gasteiger partial charge is 0.310 e. The molecule has 2 nitrogen and oxygen atoms in total. The molecule has 1 N–H and O–H groups in total. The highest BCUT2D eigenvalue weighted by Gasteiger charge is 2.16. The highest BCUT2D eigenvalue weighted by molar-refractivity contribution is 7.99. The summed E-state index contributed by atoms with van der Waals surface area (Å²) in [4.78, 5) is 0. The molecule has 1 aliphatic rings. The molecule has 0 aromatic heterocycles. The molecule has 1 heterocycles. The molecule has 17 heavy (non-hydrogen) atoms. The van der Waals surface area contributed by atoms with Crippen molar-refractivity contribution >= 4 is 11.8 Å². The van der Waals surface area contributed by atoms with Gasteiger partial charge in [0.15, 0.2) is 0 Å². The van der Waals surface area contributed by atoms with Crippen molar-refractivity contribution in [3.8, 4) is 6.07 Å². The minimum absolute atomic E-state index is 0.328. The van der Waals surface area contributed by atoms with Crippen molar-refractivity contribution in [2.24, 2.45) is 5.92 Å². The van der Waals surface area contributed by atoms with Gasteiger partial charge in [0.25, 0.3) is 0 Å². The predicted molar refractivity (Wildman–Crippen MR) is 73.0 cm³/mol. The van der Waals surface area contributed by atoms with Gasteiger partial charge in [-0.2, -0.15) is 17.0 Å². The molecule has 0 radical (unpaired) electrons. The van der Waals surface area contributed by atoms with Crippen molar-refractivity contribution in [3.63, 3.8) is 0 Å². The van der Waals surface area contributed by atoms with Gasteiger partial charge in [0.1, 0.15) is 0 Å². The average molecular weight is 246 g/mol. The molecule has 0 saturated carbocycles. The number of nitrogens with one attached hydrogen (secondary N) is 1. The number of hydrogen-bond donors (Lipinski definition) is 1. The molecule has 1 fully saturated rings. The predicted octanol–water partition coefficient (Wildman–Crippen LogP) is 2.96. The van der Waals surface area contributed by atoms with Gasteiger partial charge in [-0.05, 0) is 55.0 Å². The standard InChI is InChI=1S/C14H18N2S/c1-11(16-9-13-5-6-17-10-13)14-4-2-3-12(7-14)8-15/h2-4,7,11,13,16H,5-6,9-10H2,1H3. The summed E-state index contributed by atoms with van der Waals surface area (Å²) in [5.41, 5.74) is 1.95. The fourth-order valence-electron chi connectivity index (χ4n) is 2.08. The Hall–Kier alpha value is -0.980. The molecule has 1 aromatic rings. The molecule has 0 amide bonds. The van der Waals surface area contributed by atoms with Gasteiger partial charge in [0, 0.05) is 6.04 Å². The van der Waals surface area contributed by atoms with Crippen LogP contribution in [-0.2, 0) is 0 Å². The second-order valence-corrected chi connectivity index (χ2v) is 5.75. The molecule has 2 atom stereocenters. The Morgan fingerprint density at radius 2 is 2.47 bits per heavy atom. The van der Waals surface area contributed by atoms with Crippen LogP contribution in [0.5, 0.6) is 0 Å². The van der Waals surface area contributed by atoms with E-state index < -0.39 is 0 Å². The first kappa shape index (κ1) is 12.5. The number of rotatable bonds is 4. The van der Waals surface area contributed by atoms with Gasteiger partial charge in [-0.25, -0.2) is 0 Å². The van der Waals surface area contributed by atoms with Crippen molar-refractivity contribution in [1.29, 1.82) is 5.26 Å². The van der Waals surface area contributed by atoms with Crippen LogP contribution >= 0.6 is 11.8 Å². The summed E-state index contributed by atoms with van der Waals surface area (Å²) >= 11 is 2.05. The molecule has 0 bridgehead atoms. The Balaban J connectivity index is 1.89. The zero-order chi connectivity index (χ0) is 12.1. The molecule has 1 aromatic carbocycles. The molecular formula is C14H18N2S. The SMILES string of the molecule is CC(NCC1CCSC1)c1cccc(C#N)c1. The van der Waals surface area contributed by atoms with Gasteiger partial charge in [-0.3, -0.25) is 0 Å². The van der Waals surface area contributed by atoms with Crippen LogP contribution in [0.15, 0.2) is 24.3 Å². The van der Waals surface area contributed by atoms with Crippen LogP contribution in [0.1, 0.15) is 30.5 Å². The summed E-state index contributed by atoms with van der Waals surface area (Å²) in [5, 5.41) is 12.4. The third-order valence-electron chi connectivity index (χ3n) is 3.25. The summed E-state index contributed by atoms with van der Waals surface area (Å²) in [5.74, 6) is 3.42. The molecule has 2 unspecified atom stereocenters. The third-order valence-corrected chi connectivity index (χ3v) is 4.48. The Labute approximate surface area is 107 Å². The molecule has 3 heteroatoms. The first-order valence-corrected chi connectivity index (χ1v) is 7.26. The van der Waals surface area contributed by atoms with E-state index in [4.69, 9.17) is 5.26 Å². The maximum absolute atomic E-state index is 8.87. The van der Waals surface area contributed by atoms with Gasteiger partial charge in [0.05, 0.1) is 11.6 Å². The van der Waals surface area contributed by atoms with Gasteiger partial charge in [-0.15, -0.1) is 0 Å². The number of nitrogens with zero attached hydrogens (tertiary/aromatic N) is 1. The summed E-state index contributed by atoms with van der Waals surface area (Å²) in [6, 6.07) is 10.4. The molecule has 1 saturated heterocycles. The van der Waals surface area contributed by atoms with E-state index in [0.717, 1.165) is 18.0 Å². The lowest BCUT2D eigenvalue weighted by molar-refractivity contribution is 0.477. The Morgan fingerprint density at radius 3 is 3.18 bits per heavy atom. The van der Waals surface area contributed by atoms with E-state index in [9.17, 15) is 0 Å². The van der Waals surface area contributed by atoms with Crippen molar-refractivity contribution in [1.82, 2.24) is 5.32 Å². The van der Waals surface area contributed by atoms with E-state index in [-0.39, 0.29) is 0 Å². The topological polar surface area (TPSA) is 35.8 Å². The van der Waals surface area contributed by atoms with Crippen LogP contribution in [0.25, 0.3) is 0 Å². The van der Waals surface area contributed by atoms with Crippen LogP contribution in [0.4, 0.5) is 0 Å². The van der Waals surface area contributed by atoms with Gasteiger partial charge in [0.2, 0.25) is 0 Å². The van der Waals surface area contributed by atoms with Crippen LogP contribution in [0.2, 0.25) is 0 Å². The van der Waals surface area contributed by atoms with Crippen molar-refractivity contribution in [2.45, 2.75) is 19.4 Å². The van der Waals surface area contributed by atoms with Crippen molar-refractivity contribution in [3.05, 3.63) is 35.4 Å². The van der Waals surface area contributed by atoms with Gasteiger partial charge in [-0.1, -0.05) is 12.1 Å². The first-order valence-electron chi connectivity index (χ1n) is 6.11. The summed E-state index contributed by atoms with van der Waals surface area (Å²) < 4.78 is 0. The number of thioether (sulfide) groups is 1. The Bertz CT molecular complexity index is 405. The molecule has 0 aliphatic carbocycles. The maximum atomic E-state index is 8.87. The van der Waals surface area contributed by atoms with E-state index in [1.165, 1.54) is 23.5 Å². The highest BCUT2D eigenvalue weighted by atomic mass is 32.2. The maximum Gasteiger partial charge on any atom is 0.0991 e. The second kappa shape index (κ2) is 6.09. The minimum Gasteiger partial charge on any atom is -0.310 e. The Morgan fingerprint density at radius 1 is 1.59 bits per heavy atom. The molecular weight excluding hydrogens is 228 g/mol. The van der Waals surface area contributed by atoms with Crippen LogP contribution in [0, 0.1) is 17.2 Å². The first-order chi connectivity index (χ1) is 8.29. The molecule has 2 rings (SSSR count). The van der Waals surface area contributed by atoms with E-state index in [1.807, 2.05) is 18.2 Å². The lowest BCUT2D eigenvalue weighted by atomic mass is 10.0. The number of benzene rings is 1. The van der Waals surface area contributed by atoms with Crippen LogP contribution < -0.4 is 5.32 Å². The second-order valence-electron chi connectivity index (χ2n) is 4.60. The summed E-state index contributed by atoms with van der Waals surface area (Å²) in [6.45, 7) is 3.25. The number of hydrogen-bond acceptors (Lipinski definition) is 3. The minimum atomic E-state index is 0.328.